The first-order valence-corrected chi connectivity index (χ1v) is 6.40. The molecule has 0 radical (unpaired) electrons. The standard InChI is InChI=1S/C13H16N6O/c1-7(2)18-19-9(6-20)17-11-12(19)10-8(16-13(11)14)4-3-5-15-10/h3-5,7,18,20H,6H2,1-2H3,(H2,14,16). The van der Waals surface area contributed by atoms with Gasteiger partial charge >= 0.3 is 0 Å². The summed E-state index contributed by atoms with van der Waals surface area (Å²) in [5.41, 5.74) is 11.9. The minimum Gasteiger partial charge on any atom is -0.388 e. The first kappa shape index (κ1) is 12.6. The van der Waals surface area contributed by atoms with Crippen LogP contribution in [-0.4, -0.2) is 30.8 Å². The van der Waals surface area contributed by atoms with Gasteiger partial charge in [0.1, 0.15) is 23.2 Å². The fraction of sp³-hybridized carbons (Fsp3) is 0.308. The van der Waals surface area contributed by atoms with Crippen molar-refractivity contribution in [3.05, 3.63) is 24.2 Å². The molecule has 7 heteroatoms. The zero-order valence-electron chi connectivity index (χ0n) is 11.3. The Morgan fingerprint density at radius 2 is 2.15 bits per heavy atom. The second-order valence-electron chi connectivity index (χ2n) is 4.87. The molecule has 3 rings (SSSR count). The Kier molecular flexibility index (Phi) is 2.90. The van der Waals surface area contributed by atoms with Crippen LogP contribution in [0.5, 0.6) is 0 Å². The van der Waals surface area contributed by atoms with Gasteiger partial charge in [-0.1, -0.05) is 0 Å². The summed E-state index contributed by atoms with van der Waals surface area (Å²) < 4.78 is 1.74. The molecule has 0 aliphatic heterocycles. The van der Waals surface area contributed by atoms with Crippen LogP contribution in [0.2, 0.25) is 0 Å². The highest BCUT2D eigenvalue weighted by Crippen LogP contribution is 2.26. The smallest absolute Gasteiger partial charge is 0.154 e. The number of anilines is 1. The average Bonchev–Trinajstić information content (AvgIpc) is 2.78. The van der Waals surface area contributed by atoms with Crippen LogP contribution in [0.15, 0.2) is 18.3 Å². The minimum absolute atomic E-state index is 0.172. The lowest BCUT2D eigenvalue weighted by molar-refractivity contribution is 0.268. The number of fused-ring (bicyclic) bond motifs is 3. The molecular weight excluding hydrogens is 256 g/mol. The second-order valence-corrected chi connectivity index (χ2v) is 4.87. The van der Waals surface area contributed by atoms with E-state index in [1.165, 1.54) is 0 Å². The van der Waals surface area contributed by atoms with E-state index in [-0.39, 0.29) is 12.6 Å². The van der Waals surface area contributed by atoms with Crippen LogP contribution in [0.3, 0.4) is 0 Å². The third kappa shape index (κ3) is 1.83. The van der Waals surface area contributed by atoms with Gasteiger partial charge in [0.25, 0.3) is 0 Å². The molecule has 0 aliphatic carbocycles. The Morgan fingerprint density at radius 1 is 1.35 bits per heavy atom. The lowest BCUT2D eigenvalue weighted by Gasteiger charge is -2.14. The number of rotatable bonds is 3. The van der Waals surface area contributed by atoms with Crippen molar-refractivity contribution in [2.24, 2.45) is 0 Å². The molecule has 4 N–H and O–H groups in total. The molecule has 0 aliphatic rings. The number of imidazole rings is 1. The molecule has 0 bridgehead atoms. The van der Waals surface area contributed by atoms with Gasteiger partial charge in [0, 0.05) is 12.2 Å². The summed E-state index contributed by atoms with van der Waals surface area (Å²) in [6, 6.07) is 3.83. The number of hydrogen-bond donors (Lipinski definition) is 3. The SMILES string of the molecule is CC(C)Nn1c(CO)nc2c(N)nc3cccnc3c21. The lowest BCUT2D eigenvalue weighted by Crippen LogP contribution is -2.24. The van der Waals surface area contributed by atoms with Crippen molar-refractivity contribution < 1.29 is 5.11 Å². The molecule has 0 fully saturated rings. The summed E-state index contributed by atoms with van der Waals surface area (Å²) >= 11 is 0. The summed E-state index contributed by atoms with van der Waals surface area (Å²) in [7, 11) is 0. The summed E-state index contributed by atoms with van der Waals surface area (Å²) in [6.07, 6.45) is 1.70. The number of aliphatic hydroxyl groups is 1. The van der Waals surface area contributed by atoms with Crippen molar-refractivity contribution in [1.29, 1.82) is 0 Å². The Labute approximate surface area is 115 Å². The molecule has 0 spiro atoms. The third-order valence-corrected chi connectivity index (χ3v) is 2.97. The monoisotopic (exact) mass is 272 g/mol. The van der Waals surface area contributed by atoms with Crippen LogP contribution in [0.25, 0.3) is 22.1 Å². The average molecular weight is 272 g/mol. The van der Waals surface area contributed by atoms with Gasteiger partial charge < -0.3 is 16.3 Å². The Balaban J connectivity index is 2.44. The largest absolute Gasteiger partial charge is 0.388 e. The van der Waals surface area contributed by atoms with E-state index in [0.717, 1.165) is 5.52 Å². The molecule has 0 atom stereocenters. The maximum atomic E-state index is 9.49. The molecule has 3 aromatic heterocycles. The van der Waals surface area contributed by atoms with Gasteiger partial charge in [-0.15, -0.1) is 0 Å². The van der Waals surface area contributed by atoms with Gasteiger partial charge in [0.15, 0.2) is 11.6 Å². The van der Waals surface area contributed by atoms with Crippen LogP contribution < -0.4 is 11.2 Å². The van der Waals surface area contributed by atoms with Crippen molar-refractivity contribution in [3.8, 4) is 0 Å². The summed E-state index contributed by atoms with van der Waals surface area (Å²) in [5.74, 6) is 0.819. The molecule has 0 unspecified atom stereocenters. The second kappa shape index (κ2) is 4.61. The van der Waals surface area contributed by atoms with Gasteiger partial charge in [-0.3, -0.25) is 4.98 Å². The van der Waals surface area contributed by atoms with Crippen molar-refractivity contribution in [3.63, 3.8) is 0 Å². The Hall–Kier alpha value is -2.41. The summed E-state index contributed by atoms with van der Waals surface area (Å²) in [6.45, 7) is 3.82. The van der Waals surface area contributed by atoms with E-state index in [2.05, 4.69) is 20.4 Å². The molecule has 3 aromatic rings. The lowest BCUT2D eigenvalue weighted by atomic mass is 10.3. The van der Waals surface area contributed by atoms with Crippen molar-refractivity contribution >= 4 is 27.9 Å². The van der Waals surface area contributed by atoms with Crippen LogP contribution in [0, 0.1) is 0 Å². The molecule has 20 heavy (non-hydrogen) atoms. The minimum atomic E-state index is -0.192. The van der Waals surface area contributed by atoms with Gasteiger partial charge in [-0.25, -0.2) is 14.6 Å². The number of aromatic nitrogens is 4. The van der Waals surface area contributed by atoms with E-state index >= 15 is 0 Å². The zero-order valence-corrected chi connectivity index (χ0v) is 11.3. The molecule has 0 saturated heterocycles. The fourth-order valence-corrected chi connectivity index (χ4v) is 2.22. The van der Waals surface area contributed by atoms with Crippen LogP contribution in [0.1, 0.15) is 19.7 Å². The number of aliphatic hydroxyl groups excluding tert-OH is 1. The van der Waals surface area contributed by atoms with Gasteiger partial charge in [0.2, 0.25) is 0 Å². The summed E-state index contributed by atoms with van der Waals surface area (Å²) in [4.78, 5) is 13.0. The Bertz CT molecular complexity index is 779. The van der Waals surface area contributed by atoms with Crippen molar-refractivity contribution in [2.45, 2.75) is 26.5 Å². The quantitative estimate of drug-likeness (QED) is 0.657. The molecule has 104 valence electrons. The van der Waals surface area contributed by atoms with Crippen LogP contribution in [0.4, 0.5) is 5.82 Å². The van der Waals surface area contributed by atoms with Crippen LogP contribution in [-0.2, 0) is 6.61 Å². The molecule has 0 saturated carbocycles. The van der Waals surface area contributed by atoms with E-state index in [0.29, 0.717) is 28.2 Å². The predicted molar refractivity (Wildman–Crippen MR) is 77.7 cm³/mol. The van der Waals surface area contributed by atoms with E-state index in [1.54, 1.807) is 10.9 Å². The van der Waals surface area contributed by atoms with E-state index in [1.807, 2.05) is 26.0 Å². The molecular formula is C13H16N6O. The maximum Gasteiger partial charge on any atom is 0.154 e. The van der Waals surface area contributed by atoms with E-state index in [9.17, 15) is 5.11 Å². The zero-order chi connectivity index (χ0) is 14.3. The van der Waals surface area contributed by atoms with E-state index < -0.39 is 0 Å². The summed E-state index contributed by atoms with van der Waals surface area (Å²) in [5, 5.41) is 9.49. The van der Waals surface area contributed by atoms with E-state index in [4.69, 9.17) is 5.73 Å². The highest BCUT2D eigenvalue weighted by atomic mass is 16.3. The number of nitrogen functional groups attached to an aromatic ring is 1. The molecule has 7 nitrogen and oxygen atoms in total. The highest BCUT2D eigenvalue weighted by molar-refractivity contribution is 6.04. The molecule has 0 aromatic carbocycles. The number of hydrogen-bond acceptors (Lipinski definition) is 6. The number of nitrogens with one attached hydrogen (secondary N) is 1. The maximum absolute atomic E-state index is 9.49. The number of pyridine rings is 2. The molecule has 0 amide bonds. The normalized spacial score (nSPS) is 11.6. The highest BCUT2D eigenvalue weighted by Gasteiger charge is 2.17. The first-order chi connectivity index (χ1) is 9.61. The van der Waals surface area contributed by atoms with Gasteiger partial charge in [-0.05, 0) is 26.0 Å². The third-order valence-electron chi connectivity index (χ3n) is 2.97. The predicted octanol–water partition coefficient (Wildman–Crippen LogP) is 1.01. The van der Waals surface area contributed by atoms with Crippen LogP contribution >= 0.6 is 0 Å². The topological polar surface area (TPSA) is 102 Å². The van der Waals surface area contributed by atoms with Crippen molar-refractivity contribution in [2.75, 3.05) is 11.2 Å². The number of nitrogens with zero attached hydrogens (tertiary/aromatic N) is 4. The van der Waals surface area contributed by atoms with Gasteiger partial charge in [-0.2, -0.15) is 0 Å². The van der Waals surface area contributed by atoms with Crippen molar-refractivity contribution in [1.82, 2.24) is 19.6 Å². The fourth-order valence-electron chi connectivity index (χ4n) is 2.22. The number of nitrogens with two attached hydrogens (primary N) is 1. The Morgan fingerprint density at radius 3 is 2.85 bits per heavy atom. The van der Waals surface area contributed by atoms with Gasteiger partial charge in [0.05, 0.1) is 5.52 Å². The first-order valence-electron chi connectivity index (χ1n) is 6.40. The molecule has 3 heterocycles.